The molecule has 16 heteroatoms. The van der Waals surface area contributed by atoms with E-state index in [0.29, 0.717) is 37.3 Å². The van der Waals surface area contributed by atoms with E-state index in [1.807, 2.05) is 4.90 Å². The van der Waals surface area contributed by atoms with Crippen molar-refractivity contribution < 1.29 is 50.5 Å². The Hall–Kier alpha value is -2.36. The fourth-order valence-corrected chi connectivity index (χ4v) is 6.15. The van der Waals surface area contributed by atoms with Crippen molar-refractivity contribution in [1.29, 1.82) is 0 Å². The van der Waals surface area contributed by atoms with Gasteiger partial charge in [-0.1, -0.05) is 12.5 Å². The molecule has 2 saturated heterocycles. The van der Waals surface area contributed by atoms with Crippen molar-refractivity contribution in [2.45, 2.75) is 56.2 Å². The molecule has 3 atom stereocenters. The number of benzene rings is 2. The first-order valence-electron chi connectivity index (χ1n) is 14.4. The molecule has 46 heavy (non-hydrogen) atoms. The third kappa shape index (κ3) is 9.60. The second kappa shape index (κ2) is 16.6. The van der Waals surface area contributed by atoms with E-state index in [4.69, 9.17) is 4.74 Å². The smallest absolute Gasteiger partial charge is 0.416 e. The molecule has 2 aromatic carbocycles. The van der Waals surface area contributed by atoms with Gasteiger partial charge in [0.2, 0.25) is 0 Å². The maximum atomic E-state index is 14.1. The van der Waals surface area contributed by atoms with E-state index in [9.17, 15) is 45.7 Å². The van der Waals surface area contributed by atoms with Gasteiger partial charge in [0.25, 0.3) is 5.91 Å². The SMILES string of the molecule is COc1cc(C[C@@H]2CN(CCN3C(CO)CCCC3CO)CCN2C(=O)c2cc(C(F)(F)F)cc(C(F)(F)F)c2)ccc1F.Cl.Cl. The molecule has 2 unspecified atom stereocenters. The van der Waals surface area contributed by atoms with E-state index in [0.717, 1.165) is 19.3 Å². The summed E-state index contributed by atoms with van der Waals surface area (Å²) in [6, 6.07) is 4.04. The average molecular weight is 709 g/mol. The van der Waals surface area contributed by atoms with Crippen LogP contribution in [0.3, 0.4) is 0 Å². The zero-order chi connectivity index (χ0) is 32.2. The van der Waals surface area contributed by atoms with Gasteiger partial charge in [0.05, 0.1) is 31.5 Å². The minimum atomic E-state index is -5.10. The summed E-state index contributed by atoms with van der Waals surface area (Å²) in [4.78, 5) is 19.0. The van der Waals surface area contributed by atoms with Crippen LogP contribution in [0.5, 0.6) is 5.75 Å². The number of aliphatic hydroxyl groups is 2. The highest BCUT2D eigenvalue weighted by atomic mass is 35.5. The summed E-state index contributed by atoms with van der Waals surface area (Å²) in [7, 11) is 1.28. The fourth-order valence-electron chi connectivity index (χ4n) is 6.15. The van der Waals surface area contributed by atoms with Crippen LogP contribution in [-0.2, 0) is 18.8 Å². The van der Waals surface area contributed by atoms with Crippen LogP contribution in [0.1, 0.15) is 46.3 Å². The van der Waals surface area contributed by atoms with Gasteiger partial charge in [-0.05, 0) is 55.2 Å². The number of methoxy groups -OCH3 is 1. The number of ether oxygens (including phenoxy) is 1. The largest absolute Gasteiger partial charge is 0.494 e. The molecule has 260 valence electrons. The number of rotatable bonds is 9. The molecule has 2 N–H and O–H groups in total. The van der Waals surface area contributed by atoms with Gasteiger partial charge in [-0.2, -0.15) is 26.3 Å². The Morgan fingerprint density at radius 1 is 0.870 bits per heavy atom. The van der Waals surface area contributed by atoms with Gasteiger partial charge in [-0.15, -0.1) is 24.8 Å². The summed E-state index contributed by atoms with van der Waals surface area (Å²) < 4.78 is 100. The Labute approximate surface area is 275 Å². The second-order valence-electron chi connectivity index (χ2n) is 11.3. The molecule has 1 amide bonds. The van der Waals surface area contributed by atoms with Crippen LogP contribution in [-0.4, -0.2) is 102 Å². The van der Waals surface area contributed by atoms with Crippen LogP contribution in [0.15, 0.2) is 36.4 Å². The van der Waals surface area contributed by atoms with Crippen LogP contribution in [0.25, 0.3) is 0 Å². The molecule has 0 saturated carbocycles. The Morgan fingerprint density at radius 2 is 1.46 bits per heavy atom. The number of likely N-dealkylation sites (tertiary alicyclic amines) is 1. The molecular formula is C30H38Cl2F7N3O4. The molecule has 0 aromatic heterocycles. The number of aliphatic hydroxyl groups excluding tert-OH is 2. The van der Waals surface area contributed by atoms with Crippen LogP contribution in [0.4, 0.5) is 30.7 Å². The van der Waals surface area contributed by atoms with Crippen molar-refractivity contribution in [3.8, 4) is 5.75 Å². The number of hydrogen-bond donors (Lipinski definition) is 2. The van der Waals surface area contributed by atoms with Gasteiger partial charge in [0.1, 0.15) is 0 Å². The molecule has 4 rings (SSSR count). The zero-order valence-corrected chi connectivity index (χ0v) is 26.6. The molecule has 0 aliphatic carbocycles. The highest BCUT2D eigenvalue weighted by Gasteiger charge is 2.39. The fraction of sp³-hybridized carbons (Fsp3) is 0.567. The lowest BCUT2D eigenvalue weighted by Gasteiger charge is -2.44. The maximum absolute atomic E-state index is 14.1. The number of piperidine rings is 1. The van der Waals surface area contributed by atoms with Crippen molar-refractivity contribution in [1.82, 2.24) is 14.7 Å². The second-order valence-corrected chi connectivity index (χ2v) is 11.3. The first-order chi connectivity index (χ1) is 20.7. The van der Waals surface area contributed by atoms with Crippen LogP contribution < -0.4 is 4.74 Å². The van der Waals surface area contributed by atoms with Crippen molar-refractivity contribution in [2.75, 3.05) is 53.0 Å². The van der Waals surface area contributed by atoms with Crippen molar-refractivity contribution in [3.05, 3.63) is 64.5 Å². The molecule has 2 aliphatic heterocycles. The van der Waals surface area contributed by atoms with E-state index >= 15 is 0 Å². The quantitative estimate of drug-likeness (QED) is 0.345. The number of nitrogens with zero attached hydrogens (tertiary/aromatic N) is 3. The average Bonchev–Trinajstić information content (AvgIpc) is 2.99. The number of carbonyl (C=O) groups excluding carboxylic acids is 1. The Balaban J connectivity index is 0.00000368. The van der Waals surface area contributed by atoms with Crippen LogP contribution >= 0.6 is 24.8 Å². The minimum Gasteiger partial charge on any atom is -0.494 e. The van der Waals surface area contributed by atoms with E-state index in [1.165, 1.54) is 30.2 Å². The summed E-state index contributed by atoms with van der Waals surface area (Å²) in [5.41, 5.74) is -3.32. The summed E-state index contributed by atoms with van der Waals surface area (Å²) >= 11 is 0. The van der Waals surface area contributed by atoms with Gasteiger partial charge >= 0.3 is 12.4 Å². The van der Waals surface area contributed by atoms with Crippen LogP contribution in [0, 0.1) is 5.82 Å². The Bertz CT molecular complexity index is 1260. The monoisotopic (exact) mass is 707 g/mol. The minimum absolute atomic E-state index is 0. The summed E-state index contributed by atoms with van der Waals surface area (Å²) in [5.74, 6) is -1.63. The van der Waals surface area contributed by atoms with E-state index in [-0.39, 0.29) is 81.4 Å². The standard InChI is InChI=1S/C30H36F7N3O4.2ClH/c1-44-27-12-19(5-6-26(27)31)11-25-16-38(7-9-39-23(17-41)3-2-4-24(39)18-42)8-10-40(25)28(43)20-13-21(29(32,33)34)15-22(14-20)30(35,36)37;;/h5-6,12-15,23-25,41-42H,2-4,7-11,16-18H2,1H3;2*1H/t23?,24?,25-;;/m1../s1. The van der Waals surface area contributed by atoms with Gasteiger partial charge < -0.3 is 19.8 Å². The number of amides is 1. The van der Waals surface area contributed by atoms with E-state index in [1.54, 1.807) is 0 Å². The number of piperazine rings is 1. The molecule has 7 nitrogen and oxygen atoms in total. The molecule has 0 bridgehead atoms. The van der Waals surface area contributed by atoms with Gasteiger partial charge in [0, 0.05) is 56.4 Å². The molecule has 2 fully saturated rings. The maximum Gasteiger partial charge on any atom is 0.416 e. The lowest BCUT2D eigenvalue weighted by Crippen LogP contribution is -2.58. The number of alkyl halides is 6. The Kier molecular flexibility index (Phi) is 14.4. The predicted octanol–water partition coefficient (Wildman–Crippen LogP) is 5.29. The molecule has 2 aromatic rings. The predicted molar refractivity (Wildman–Crippen MR) is 161 cm³/mol. The molecule has 2 heterocycles. The summed E-state index contributed by atoms with van der Waals surface area (Å²) in [5, 5.41) is 19.7. The normalized spacial score (nSPS) is 21.3. The molecule has 2 aliphatic rings. The zero-order valence-electron chi connectivity index (χ0n) is 25.0. The number of hydrogen-bond acceptors (Lipinski definition) is 6. The third-order valence-corrected chi connectivity index (χ3v) is 8.46. The first-order valence-corrected chi connectivity index (χ1v) is 14.4. The van der Waals surface area contributed by atoms with Crippen molar-refractivity contribution >= 4 is 30.7 Å². The molecular weight excluding hydrogens is 670 g/mol. The summed E-state index contributed by atoms with van der Waals surface area (Å²) in [6.45, 7) is 1.41. The number of carbonyl (C=O) groups is 1. The van der Waals surface area contributed by atoms with E-state index in [2.05, 4.69) is 4.90 Å². The molecule has 0 spiro atoms. The van der Waals surface area contributed by atoms with Gasteiger partial charge in [-0.25, -0.2) is 4.39 Å². The number of halogens is 9. The highest BCUT2D eigenvalue weighted by Crippen LogP contribution is 2.37. The highest BCUT2D eigenvalue weighted by molar-refractivity contribution is 5.95. The van der Waals surface area contributed by atoms with E-state index < -0.39 is 46.8 Å². The Morgan fingerprint density at radius 3 is 1.98 bits per heavy atom. The first kappa shape index (κ1) is 39.8. The molecule has 0 radical (unpaired) electrons. The van der Waals surface area contributed by atoms with Gasteiger partial charge in [-0.3, -0.25) is 14.6 Å². The lowest BCUT2D eigenvalue weighted by molar-refractivity contribution is -0.143. The third-order valence-electron chi connectivity index (χ3n) is 8.46. The van der Waals surface area contributed by atoms with Crippen molar-refractivity contribution in [2.24, 2.45) is 0 Å². The topological polar surface area (TPSA) is 76.5 Å². The van der Waals surface area contributed by atoms with Crippen LogP contribution in [0.2, 0.25) is 0 Å². The lowest BCUT2D eigenvalue weighted by atomic mass is 9.96. The van der Waals surface area contributed by atoms with Gasteiger partial charge in [0.15, 0.2) is 11.6 Å². The summed E-state index contributed by atoms with van der Waals surface area (Å²) in [6.07, 6.45) is -7.64. The van der Waals surface area contributed by atoms with Crippen molar-refractivity contribution in [3.63, 3.8) is 0 Å².